The van der Waals surface area contributed by atoms with Crippen LogP contribution in [0.25, 0.3) is 0 Å². The third-order valence-corrected chi connectivity index (χ3v) is 1.87. The fourth-order valence-corrected chi connectivity index (χ4v) is 0.719. The van der Waals surface area contributed by atoms with Gasteiger partial charge in [-0.3, -0.25) is 4.18 Å². The van der Waals surface area contributed by atoms with Gasteiger partial charge in [-0.2, -0.15) is 8.42 Å². The number of rotatable bonds is 4. The normalized spacial score (nSPS) is 11.8. The van der Waals surface area contributed by atoms with Crippen molar-refractivity contribution in [3.8, 4) is 0 Å². The third-order valence-electron chi connectivity index (χ3n) is 0.735. The molecule has 4 heteroatoms. The maximum Gasteiger partial charge on any atom is 0.267 e. The van der Waals surface area contributed by atoms with E-state index in [9.17, 15) is 8.42 Å². The maximum atomic E-state index is 10.5. The summed E-state index contributed by atoms with van der Waals surface area (Å²) in [7, 11) is -3.24. The molecule has 9 heavy (non-hydrogen) atoms. The Hall–Kier alpha value is -0.0900. The Morgan fingerprint density at radius 2 is 2.00 bits per heavy atom. The lowest BCUT2D eigenvalue weighted by molar-refractivity contribution is 0.386. The SMILES string of the molecule is CC[CH]OS(=O)(=O)CC. The minimum Gasteiger partial charge on any atom is -0.264 e. The zero-order valence-electron chi connectivity index (χ0n) is 5.62. The van der Waals surface area contributed by atoms with Crippen molar-refractivity contribution >= 4 is 10.1 Å². The Morgan fingerprint density at radius 3 is 2.33 bits per heavy atom. The Bertz CT molecular complexity index is 148. The Morgan fingerprint density at radius 1 is 1.44 bits per heavy atom. The molecule has 0 fully saturated rings. The molecule has 0 aromatic heterocycles. The molecule has 0 atom stereocenters. The van der Waals surface area contributed by atoms with Crippen molar-refractivity contribution in [3.63, 3.8) is 0 Å². The van der Waals surface area contributed by atoms with Crippen molar-refractivity contribution < 1.29 is 12.6 Å². The van der Waals surface area contributed by atoms with E-state index >= 15 is 0 Å². The Kier molecular flexibility index (Phi) is 3.81. The predicted molar refractivity (Wildman–Crippen MR) is 35.1 cm³/mol. The molecule has 0 aliphatic carbocycles. The van der Waals surface area contributed by atoms with E-state index in [-0.39, 0.29) is 5.75 Å². The molecule has 0 saturated carbocycles. The van der Waals surface area contributed by atoms with Gasteiger partial charge in [-0.25, -0.2) is 0 Å². The highest BCUT2D eigenvalue weighted by molar-refractivity contribution is 7.86. The van der Waals surface area contributed by atoms with Gasteiger partial charge in [-0.15, -0.1) is 0 Å². The van der Waals surface area contributed by atoms with Crippen LogP contribution in [0, 0.1) is 6.61 Å². The summed E-state index contributed by atoms with van der Waals surface area (Å²) in [4.78, 5) is 0. The molecule has 0 rings (SSSR count). The van der Waals surface area contributed by atoms with Crippen LogP contribution in [0.3, 0.4) is 0 Å². The molecule has 1 radical (unpaired) electrons. The van der Waals surface area contributed by atoms with E-state index in [2.05, 4.69) is 4.18 Å². The largest absolute Gasteiger partial charge is 0.267 e. The first-order valence-electron chi connectivity index (χ1n) is 2.85. The summed E-state index contributed by atoms with van der Waals surface area (Å²) >= 11 is 0. The molecule has 3 nitrogen and oxygen atoms in total. The second kappa shape index (κ2) is 3.85. The summed E-state index contributed by atoms with van der Waals surface area (Å²) < 4.78 is 25.4. The average molecular weight is 151 g/mol. The molecule has 0 bridgehead atoms. The van der Waals surface area contributed by atoms with E-state index in [1.807, 2.05) is 6.92 Å². The maximum absolute atomic E-state index is 10.5. The van der Waals surface area contributed by atoms with Crippen LogP contribution in [0.5, 0.6) is 0 Å². The lowest BCUT2D eigenvalue weighted by atomic mass is 10.5. The second-order valence-corrected chi connectivity index (χ2v) is 3.40. The fourth-order valence-electron chi connectivity index (χ4n) is 0.240. The van der Waals surface area contributed by atoms with E-state index in [0.717, 1.165) is 0 Å². The molecule has 0 amide bonds. The van der Waals surface area contributed by atoms with Crippen LogP contribution in [-0.2, 0) is 14.3 Å². The van der Waals surface area contributed by atoms with Crippen molar-refractivity contribution in [1.29, 1.82) is 0 Å². The minimum atomic E-state index is -3.24. The van der Waals surface area contributed by atoms with E-state index in [1.54, 1.807) is 6.92 Å². The van der Waals surface area contributed by atoms with Crippen molar-refractivity contribution in [2.24, 2.45) is 0 Å². The van der Waals surface area contributed by atoms with Crippen LogP contribution in [-0.4, -0.2) is 14.2 Å². The topological polar surface area (TPSA) is 43.4 Å². The monoisotopic (exact) mass is 151 g/mol. The minimum absolute atomic E-state index is 0.0312. The Labute approximate surface area is 56.1 Å². The average Bonchev–Trinajstić information content (AvgIpc) is 1.84. The molecule has 0 aromatic rings. The molecule has 0 aromatic carbocycles. The summed E-state index contributed by atoms with van der Waals surface area (Å²) in [6.07, 6.45) is 0.610. The zero-order valence-corrected chi connectivity index (χ0v) is 6.44. The molecule has 0 N–H and O–H groups in total. The molecule has 0 spiro atoms. The van der Waals surface area contributed by atoms with Crippen LogP contribution in [0.1, 0.15) is 20.3 Å². The molecule has 0 saturated heterocycles. The highest BCUT2D eigenvalue weighted by Gasteiger charge is 2.04. The molecule has 0 aliphatic rings. The van der Waals surface area contributed by atoms with Crippen LogP contribution < -0.4 is 0 Å². The number of hydrogen-bond donors (Lipinski definition) is 0. The first-order valence-corrected chi connectivity index (χ1v) is 4.42. The van der Waals surface area contributed by atoms with Crippen molar-refractivity contribution in [2.45, 2.75) is 20.3 Å². The summed E-state index contributed by atoms with van der Waals surface area (Å²) in [5.74, 6) is 0.0312. The van der Waals surface area contributed by atoms with Gasteiger partial charge in [-0.1, -0.05) is 6.92 Å². The van der Waals surface area contributed by atoms with Crippen LogP contribution in [0.15, 0.2) is 0 Å². The van der Waals surface area contributed by atoms with Crippen molar-refractivity contribution in [2.75, 3.05) is 5.75 Å². The highest BCUT2D eigenvalue weighted by Crippen LogP contribution is 1.96. The lowest BCUT2D eigenvalue weighted by Gasteiger charge is -1.97. The second-order valence-electron chi connectivity index (χ2n) is 1.52. The number of hydrogen-bond acceptors (Lipinski definition) is 3. The molecule has 0 unspecified atom stereocenters. The van der Waals surface area contributed by atoms with Gasteiger partial charge >= 0.3 is 0 Å². The van der Waals surface area contributed by atoms with Gasteiger partial charge < -0.3 is 0 Å². The predicted octanol–water partition coefficient (Wildman–Crippen LogP) is 0.924. The van der Waals surface area contributed by atoms with Crippen LogP contribution in [0.2, 0.25) is 0 Å². The molecular weight excluding hydrogens is 140 g/mol. The van der Waals surface area contributed by atoms with E-state index < -0.39 is 10.1 Å². The summed E-state index contributed by atoms with van der Waals surface area (Å²) in [5, 5.41) is 0. The van der Waals surface area contributed by atoms with Gasteiger partial charge in [0, 0.05) is 0 Å². The van der Waals surface area contributed by atoms with Crippen molar-refractivity contribution in [3.05, 3.63) is 6.61 Å². The molecular formula is C5H11O3S. The highest BCUT2D eigenvalue weighted by atomic mass is 32.2. The van der Waals surface area contributed by atoms with Crippen LogP contribution in [0.4, 0.5) is 0 Å². The zero-order chi connectivity index (χ0) is 7.33. The summed E-state index contributed by atoms with van der Waals surface area (Å²) in [6, 6.07) is 0. The fraction of sp³-hybridized carbons (Fsp3) is 0.800. The molecule has 0 heterocycles. The first kappa shape index (κ1) is 8.91. The molecule has 0 aliphatic heterocycles. The smallest absolute Gasteiger partial charge is 0.264 e. The quantitative estimate of drug-likeness (QED) is 0.561. The van der Waals surface area contributed by atoms with Gasteiger partial charge in [0.05, 0.1) is 5.75 Å². The molecule has 55 valence electrons. The summed E-state index contributed by atoms with van der Waals surface area (Å²) in [5.41, 5.74) is 0. The van der Waals surface area contributed by atoms with E-state index in [1.165, 1.54) is 6.61 Å². The van der Waals surface area contributed by atoms with Gasteiger partial charge in [-0.05, 0) is 13.3 Å². The Balaban J connectivity index is 3.61. The standard InChI is InChI=1S/C5H11O3S/c1-3-5-8-9(6,7)4-2/h5H,3-4H2,1-2H3. The van der Waals surface area contributed by atoms with Gasteiger partial charge in [0.25, 0.3) is 10.1 Å². The van der Waals surface area contributed by atoms with E-state index in [4.69, 9.17) is 0 Å². The first-order chi connectivity index (χ1) is 4.12. The van der Waals surface area contributed by atoms with Gasteiger partial charge in [0.2, 0.25) is 0 Å². The summed E-state index contributed by atoms with van der Waals surface area (Å²) in [6.45, 7) is 4.63. The van der Waals surface area contributed by atoms with Gasteiger partial charge in [0.15, 0.2) is 0 Å². The van der Waals surface area contributed by atoms with E-state index in [0.29, 0.717) is 6.42 Å². The third kappa shape index (κ3) is 4.42. The van der Waals surface area contributed by atoms with Gasteiger partial charge in [0.1, 0.15) is 6.61 Å². The lowest BCUT2D eigenvalue weighted by Crippen LogP contribution is -2.05. The van der Waals surface area contributed by atoms with Crippen LogP contribution >= 0.6 is 0 Å². The van der Waals surface area contributed by atoms with Crippen molar-refractivity contribution in [1.82, 2.24) is 0 Å².